The van der Waals surface area contributed by atoms with Crippen LogP contribution in [0, 0.1) is 0 Å². The summed E-state index contributed by atoms with van der Waals surface area (Å²) in [6.45, 7) is 1.40. The smallest absolute Gasteiger partial charge is 0.399 e. The average molecular weight is 252 g/mol. The summed E-state index contributed by atoms with van der Waals surface area (Å²) in [6.07, 6.45) is -4.51. The van der Waals surface area contributed by atoms with Crippen LogP contribution in [0.3, 0.4) is 0 Å². The Morgan fingerprint density at radius 1 is 1.00 bits per heavy atom. The van der Waals surface area contributed by atoms with E-state index in [-0.39, 0.29) is 0 Å². The zero-order valence-corrected chi connectivity index (χ0v) is 10.1. The number of alkyl halides is 3. The standard InChI is InChI=1S/C6H7N.C4H7F3O.CH5N/c7-6-4-2-1-3-5-6;1-3(2,8)4(5,6)7;1-2/h1-5H,7H2;8H,1-2H3;2H2,1H3. The molecule has 3 nitrogen and oxygen atoms in total. The van der Waals surface area contributed by atoms with Gasteiger partial charge in [0.15, 0.2) is 5.60 Å². The van der Waals surface area contributed by atoms with Gasteiger partial charge in [-0.05, 0) is 33.0 Å². The molecule has 0 heterocycles. The van der Waals surface area contributed by atoms with Gasteiger partial charge in [0.2, 0.25) is 0 Å². The van der Waals surface area contributed by atoms with E-state index in [1.807, 2.05) is 30.3 Å². The molecule has 5 N–H and O–H groups in total. The summed E-state index contributed by atoms with van der Waals surface area (Å²) in [5.74, 6) is 0. The van der Waals surface area contributed by atoms with Gasteiger partial charge in [-0.3, -0.25) is 0 Å². The largest absolute Gasteiger partial charge is 0.416 e. The van der Waals surface area contributed by atoms with Crippen LogP contribution in [0.25, 0.3) is 0 Å². The van der Waals surface area contributed by atoms with Crippen LogP contribution in [0.5, 0.6) is 0 Å². The van der Waals surface area contributed by atoms with Crippen molar-refractivity contribution < 1.29 is 18.3 Å². The normalized spacial score (nSPS) is 10.6. The minimum Gasteiger partial charge on any atom is -0.399 e. The molecule has 0 amide bonds. The van der Waals surface area contributed by atoms with Crippen molar-refractivity contribution in [3.63, 3.8) is 0 Å². The highest BCUT2D eigenvalue weighted by Crippen LogP contribution is 2.28. The fraction of sp³-hybridized carbons (Fsp3) is 0.455. The SMILES string of the molecule is CC(C)(O)C(F)(F)F.CN.Nc1ccccc1. The van der Waals surface area contributed by atoms with E-state index in [0.717, 1.165) is 5.69 Å². The summed E-state index contributed by atoms with van der Waals surface area (Å²) in [5.41, 5.74) is 8.12. The van der Waals surface area contributed by atoms with Crippen LogP contribution in [-0.4, -0.2) is 23.9 Å². The molecule has 0 aromatic heterocycles. The Hall–Kier alpha value is -1.27. The second-order valence-electron chi connectivity index (χ2n) is 3.47. The van der Waals surface area contributed by atoms with Crippen LogP contribution < -0.4 is 11.5 Å². The van der Waals surface area contributed by atoms with Gasteiger partial charge in [-0.25, -0.2) is 0 Å². The van der Waals surface area contributed by atoms with Crippen molar-refractivity contribution in [3.8, 4) is 0 Å². The molecule has 6 heteroatoms. The highest BCUT2D eigenvalue weighted by atomic mass is 19.4. The molecule has 0 unspecified atom stereocenters. The average Bonchev–Trinajstić information content (AvgIpc) is 2.20. The minimum atomic E-state index is -4.51. The summed E-state index contributed by atoms with van der Waals surface area (Å²) in [4.78, 5) is 0. The molecule has 100 valence electrons. The molecule has 0 atom stereocenters. The molecule has 1 aromatic rings. The summed E-state index contributed by atoms with van der Waals surface area (Å²) in [6, 6.07) is 9.49. The number of halogens is 3. The van der Waals surface area contributed by atoms with Crippen LogP contribution in [0.2, 0.25) is 0 Å². The number of rotatable bonds is 0. The van der Waals surface area contributed by atoms with Crippen molar-refractivity contribution in [1.29, 1.82) is 0 Å². The van der Waals surface area contributed by atoms with Gasteiger partial charge < -0.3 is 16.6 Å². The molecule has 0 aliphatic heterocycles. The van der Waals surface area contributed by atoms with Crippen molar-refractivity contribution >= 4 is 5.69 Å². The number of hydrogen-bond acceptors (Lipinski definition) is 3. The van der Waals surface area contributed by atoms with Gasteiger partial charge in [-0.1, -0.05) is 18.2 Å². The predicted molar refractivity (Wildman–Crippen MR) is 63.3 cm³/mol. The van der Waals surface area contributed by atoms with Gasteiger partial charge in [-0.15, -0.1) is 0 Å². The van der Waals surface area contributed by atoms with Gasteiger partial charge in [0, 0.05) is 5.69 Å². The van der Waals surface area contributed by atoms with E-state index in [0.29, 0.717) is 13.8 Å². The first-order valence-corrected chi connectivity index (χ1v) is 4.82. The van der Waals surface area contributed by atoms with Crippen molar-refractivity contribution in [1.82, 2.24) is 0 Å². The molecular formula is C11H19F3N2O. The number of hydrogen-bond donors (Lipinski definition) is 3. The lowest BCUT2D eigenvalue weighted by atomic mass is 10.1. The summed E-state index contributed by atoms with van der Waals surface area (Å²) < 4.78 is 33.9. The van der Waals surface area contributed by atoms with Crippen molar-refractivity contribution in [2.45, 2.75) is 25.6 Å². The zero-order valence-electron chi connectivity index (χ0n) is 10.1. The number of anilines is 1. The fourth-order valence-electron chi connectivity index (χ4n) is 0.453. The highest BCUT2D eigenvalue weighted by molar-refractivity contribution is 5.35. The van der Waals surface area contributed by atoms with Crippen LogP contribution in [-0.2, 0) is 0 Å². The fourth-order valence-corrected chi connectivity index (χ4v) is 0.453. The lowest BCUT2D eigenvalue weighted by Gasteiger charge is -2.20. The third-order valence-electron chi connectivity index (χ3n) is 1.49. The quantitative estimate of drug-likeness (QED) is 0.619. The van der Waals surface area contributed by atoms with Gasteiger partial charge in [0.05, 0.1) is 0 Å². The molecule has 1 rings (SSSR count). The Morgan fingerprint density at radius 2 is 1.29 bits per heavy atom. The molecule has 0 bridgehead atoms. The molecule has 0 aliphatic carbocycles. The van der Waals surface area contributed by atoms with Gasteiger partial charge in [0.1, 0.15) is 0 Å². The lowest BCUT2D eigenvalue weighted by Crippen LogP contribution is -2.38. The lowest BCUT2D eigenvalue weighted by molar-refractivity contribution is -0.245. The van der Waals surface area contributed by atoms with E-state index in [2.05, 4.69) is 5.73 Å². The van der Waals surface area contributed by atoms with Gasteiger partial charge in [0.25, 0.3) is 0 Å². The first-order chi connectivity index (χ1) is 7.64. The summed E-state index contributed by atoms with van der Waals surface area (Å²) >= 11 is 0. The Kier molecular flexibility index (Phi) is 8.43. The maximum absolute atomic E-state index is 11.3. The van der Waals surface area contributed by atoms with Crippen molar-refractivity contribution in [2.24, 2.45) is 5.73 Å². The Balaban J connectivity index is 0. The maximum atomic E-state index is 11.3. The molecule has 17 heavy (non-hydrogen) atoms. The van der Waals surface area contributed by atoms with Crippen LogP contribution >= 0.6 is 0 Å². The Labute approximate surface area is 99.2 Å². The molecule has 0 saturated heterocycles. The maximum Gasteiger partial charge on any atom is 0.416 e. The number of aliphatic hydroxyl groups is 1. The zero-order chi connectivity index (χ0) is 14.1. The molecule has 0 fully saturated rings. The number of para-hydroxylation sites is 1. The van der Waals surface area contributed by atoms with E-state index < -0.39 is 11.8 Å². The summed E-state index contributed by atoms with van der Waals surface area (Å²) in [7, 11) is 1.50. The molecule has 0 spiro atoms. The van der Waals surface area contributed by atoms with Gasteiger partial charge >= 0.3 is 6.18 Å². The monoisotopic (exact) mass is 252 g/mol. The van der Waals surface area contributed by atoms with E-state index in [1.165, 1.54) is 7.05 Å². The minimum absolute atomic E-state index is 0.701. The van der Waals surface area contributed by atoms with E-state index in [4.69, 9.17) is 10.8 Å². The van der Waals surface area contributed by atoms with Crippen molar-refractivity contribution in [2.75, 3.05) is 12.8 Å². The second kappa shape index (κ2) is 7.92. The third-order valence-corrected chi connectivity index (χ3v) is 1.49. The number of benzene rings is 1. The first-order valence-electron chi connectivity index (χ1n) is 4.82. The van der Waals surface area contributed by atoms with Crippen LogP contribution in [0.1, 0.15) is 13.8 Å². The Morgan fingerprint density at radius 3 is 1.41 bits per heavy atom. The third kappa shape index (κ3) is 9.65. The topological polar surface area (TPSA) is 72.3 Å². The number of nitrogens with two attached hydrogens (primary N) is 2. The van der Waals surface area contributed by atoms with Gasteiger partial charge in [-0.2, -0.15) is 13.2 Å². The Bertz CT molecular complexity index is 269. The van der Waals surface area contributed by atoms with E-state index in [9.17, 15) is 13.2 Å². The summed E-state index contributed by atoms with van der Waals surface area (Å²) in [5, 5.41) is 8.23. The van der Waals surface area contributed by atoms with E-state index in [1.54, 1.807) is 0 Å². The first kappa shape index (κ1) is 18.1. The van der Waals surface area contributed by atoms with Crippen molar-refractivity contribution in [3.05, 3.63) is 30.3 Å². The molecular weight excluding hydrogens is 233 g/mol. The molecule has 1 aromatic carbocycles. The highest BCUT2D eigenvalue weighted by Gasteiger charge is 2.45. The van der Waals surface area contributed by atoms with Crippen LogP contribution in [0.15, 0.2) is 30.3 Å². The molecule has 0 aliphatic rings. The molecule has 0 saturated carbocycles. The van der Waals surface area contributed by atoms with E-state index >= 15 is 0 Å². The predicted octanol–water partition coefficient (Wildman–Crippen LogP) is 2.16. The van der Waals surface area contributed by atoms with Crippen LogP contribution in [0.4, 0.5) is 18.9 Å². The molecule has 0 radical (unpaired) electrons. The second-order valence-corrected chi connectivity index (χ2v) is 3.47. The number of nitrogen functional groups attached to an aromatic ring is 1.